The second-order valence-corrected chi connectivity index (χ2v) is 4.79. The largest absolute Gasteiger partial charge is 0.480 e. The van der Waals surface area contributed by atoms with Crippen molar-refractivity contribution in [2.24, 2.45) is 0 Å². The van der Waals surface area contributed by atoms with Gasteiger partial charge in [-0.3, -0.25) is 4.79 Å². The molecule has 0 fully saturated rings. The van der Waals surface area contributed by atoms with Gasteiger partial charge in [-0.05, 0) is 18.2 Å². The van der Waals surface area contributed by atoms with E-state index in [-0.39, 0.29) is 17.0 Å². The number of carbonyl (C=O) groups is 2. The third-order valence-electron chi connectivity index (χ3n) is 2.84. The van der Waals surface area contributed by atoms with Crippen LogP contribution in [0.1, 0.15) is 16.1 Å². The van der Waals surface area contributed by atoms with Gasteiger partial charge in [0.05, 0.1) is 17.0 Å². The van der Waals surface area contributed by atoms with E-state index in [0.29, 0.717) is 11.4 Å². The molecule has 1 heterocycles. The molecule has 0 aliphatic carbocycles. The van der Waals surface area contributed by atoms with Crippen LogP contribution in [0.25, 0.3) is 0 Å². The van der Waals surface area contributed by atoms with Gasteiger partial charge in [0.2, 0.25) is 0 Å². The van der Waals surface area contributed by atoms with Crippen LogP contribution >= 0.6 is 11.6 Å². The van der Waals surface area contributed by atoms with Gasteiger partial charge in [0.25, 0.3) is 5.91 Å². The van der Waals surface area contributed by atoms with Crippen LogP contribution < -0.4 is 11.1 Å². The second kappa shape index (κ2) is 6.27. The highest BCUT2D eigenvalue weighted by Gasteiger charge is 2.22. The van der Waals surface area contributed by atoms with Gasteiger partial charge in [0.15, 0.2) is 0 Å². The lowest BCUT2D eigenvalue weighted by Gasteiger charge is -2.14. The minimum absolute atomic E-state index is 0.101. The van der Waals surface area contributed by atoms with Crippen LogP contribution in [0.3, 0.4) is 0 Å². The number of imidazole rings is 1. The third-order valence-corrected chi connectivity index (χ3v) is 3.17. The van der Waals surface area contributed by atoms with E-state index in [1.807, 2.05) is 0 Å². The fraction of sp³-hybridized carbons (Fsp3) is 0.154. The van der Waals surface area contributed by atoms with Crippen molar-refractivity contribution in [3.05, 3.63) is 47.0 Å². The van der Waals surface area contributed by atoms with E-state index < -0.39 is 17.9 Å². The van der Waals surface area contributed by atoms with Gasteiger partial charge < -0.3 is 21.1 Å². The molecule has 0 unspecified atom stereocenters. The number of halogens is 1. The zero-order valence-electron chi connectivity index (χ0n) is 10.8. The van der Waals surface area contributed by atoms with E-state index in [9.17, 15) is 14.7 Å². The Labute approximate surface area is 125 Å². The minimum Gasteiger partial charge on any atom is -0.480 e. The van der Waals surface area contributed by atoms with E-state index in [0.717, 1.165) is 0 Å². The van der Waals surface area contributed by atoms with Crippen LogP contribution in [0.2, 0.25) is 5.02 Å². The number of anilines is 1. The van der Waals surface area contributed by atoms with Gasteiger partial charge in [-0.2, -0.15) is 0 Å². The lowest BCUT2D eigenvalue weighted by Crippen LogP contribution is -2.42. The SMILES string of the molecule is Nc1ccc(C(=O)N[C@@H](Cc2cnc[nH]2)C(=O)O)cc1Cl. The number of rotatable bonds is 5. The normalized spacial score (nSPS) is 11.9. The maximum absolute atomic E-state index is 12.1. The molecule has 0 saturated carbocycles. The van der Waals surface area contributed by atoms with Gasteiger partial charge in [-0.15, -0.1) is 0 Å². The number of carboxylic acids is 1. The van der Waals surface area contributed by atoms with Crippen molar-refractivity contribution in [1.29, 1.82) is 0 Å². The Hall–Kier alpha value is -2.54. The molecule has 0 radical (unpaired) electrons. The summed E-state index contributed by atoms with van der Waals surface area (Å²) in [6, 6.07) is 3.28. The molecule has 1 aromatic heterocycles. The van der Waals surface area contributed by atoms with E-state index >= 15 is 0 Å². The fourth-order valence-electron chi connectivity index (χ4n) is 1.73. The summed E-state index contributed by atoms with van der Waals surface area (Å²) in [6.45, 7) is 0. The summed E-state index contributed by atoms with van der Waals surface area (Å²) < 4.78 is 0. The molecule has 1 aromatic carbocycles. The molecule has 1 amide bonds. The van der Waals surface area contributed by atoms with Gasteiger partial charge >= 0.3 is 5.97 Å². The van der Waals surface area contributed by atoms with Gasteiger partial charge in [-0.1, -0.05) is 11.6 Å². The molecule has 2 aromatic rings. The number of hydrogen-bond acceptors (Lipinski definition) is 4. The van der Waals surface area contributed by atoms with Crippen molar-refractivity contribution in [2.75, 3.05) is 5.73 Å². The summed E-state index contributed by atoms with van der Waals surface area (Å²) in [7, 11) is 0. The summed E-state index contributed by atoms with van der Waals surface area (Å²) in [4.78, 5) is 29.9. The summed E-state index contributed by atoms with van der Waals surface area (Å²) in [6.07, 6.45) is 3.04. The molecule has 0 saturated heterocycles. The van der Waals surface area contributed by atoms with E-state index in [4.69, 9.17) is 17.3 Å². The zero-order chi connectivity index (χ0) is 15.4. The number of aliphatic carboxylic acids is 1. The number of H-pyrrole nitrogens is 1. The standard InChI is InChI=1S/C13H13ClN4O3/c14-9-3-7(1-2-10(9)15)12(19)18-11(13(20)21)4-8-5-16-6-17-8/h1-3,5-6,11H,4,15H2,(H,16,17)(H,18,19)(H,20,21)/t11-/m0/s1. The maximum Gasteiger partial charge on any atom is 0.326 e. The van der Waals surface area contributed by atoms with Crippen molar-refractivity contribution < 1.29 is 14.7 Å². The lowest BCUT2D eigenvalue weighted by atomic mass is 10.1. The zero-order valence-corrected chi connectivity index (χ0v) is 11.6. The van der Waals surface area contributed by atoms with Crippen LogP contribution in [0.15, 0.2) is 30.7 Å². The molecule has 0 aliphatic heterocycles. The molecule has 1 atom stereocenters. The van der Waals surface area contributed by atoms with Crippen molar-refractivity contribution in [2.45, 2.75) is 12.5 Å². The number of benzene rings is 1. The van der Waals surface area contributed by atoms with Crippen LogP contribution in [-0.2, 0) is 11.2 Å². The number of nitrogens with one attached hydrogen (secondary N) is 2. The molecule has 5 N–H and O–H groups in total. The number of aromatic nitrogens is 2. The van der Waals surface area contributed by atoms with Gasteiger partial charge in [0, 0.05) is 23.9 Å². The number of amides is 1. The molecule has 110 valence electrons. The highest BCUT2D eigenvalue weighted by atomic mass is 35.5. The smallest absolute Gasteiger partial charge is 0.326 e. The third kappa shape index (κ3) is 3.73. The van der Waals surface area contributed by atoms with Crippen molar-refractivity contribution in [1.82, 2.24) is 15.3 Å². The lowest BCUT2D eigenvalue weighted by molar-refractivity contribution is -0.139. The Morgan fingerprint density at radius 2 is 2.24 bits per heavy atom. The topological polar surface area (TPSA) is 121 Å². The first-order chi connectivity index (χ1) is 9.97. The average molecular weight is 309 g/mol. The predicted molar refractivity (Wildman–Crippen MR) is 77.0 cm³/mol. The highest BCUT2D eigenvalue weighted by Crippen LogP contribution is 2.19. The molecule has 0 aliphatic rings. The Bertz CT molecular complexity index is 657. The van der Waals surface area contributed by atoms with Gasteiger partial charge in [0.1, 0.15) is 6.04 Å². The number of nitrogens with two attached hydrogens (primary N) is 1. The molecule has 2 rings (SSSR count). The van der Waals surface area contributed by atoms with Crippen molar-refractivity contribution in [3.63, 3.8) is 0 Å². The first kappa shape index (κ1) is 14.9. The number of carbonyl (C=O) groups excluding carboxylic acids is 1. The quantitative estimate of drug-likeness (QED) is 0.616. The van der Waals surface area contributed by atoms with Crippen LogP contribution in [0, 0.1) is 0 Å². The van der Waals surface area contributed by atoms with Crippen molar-refractivity contribution >= 4 is 29.2 Å². The molecule has 7 nitrogen and oxygen atoms in total. The van der Waals surface area contributed by atoms with Crippen LogP contribution in [-0.4, -0.2) is 33.0 Å². The Balaban J connectivity index is 2.10. The average Bonchev–Trinajstić information content (AvgIpc) is 2.93. The maximum atomic E-state index is 12.1. The number of carboxylic acid groups (broad SMARTS) is 1. The van der Waals surface area contributed by atoms with E-state index in [1.54, 1.807) is 0 Å². The molecular weight excluding hydrogens is 296 g/mol. The predicted octanol–water partition coefficient (Wildman–Crippen LogP) is 1.07. The van der Waals surface area contributed by atoms with Crippen molar-refractivity contribution in [3.8, 4) is 0 Å². The molecule has 0 bridgehead atoms. The minimum atomic E-state index is -1.14. The van der Waals surface area contributed by atoms with Crippen LogP contribution in [0.5, 0.6) is 0 Å². The first-order valence-corrected chi connectivity index (χ1v) is 6.41. The number of aromatic amines is 1. The molecule has 0 spiro atoms. The fourth-order valence-corrected chi connectivity index (χ4v) is 1.91. The monoisotopic (exact) mass is 308 g/mol. The number of hydrogen-bond donors (Lipinski definition) is 4. The highest BCUT2D eigenvalue weighted by molar-refractivity contribution is 6.33. The molecular formula is C13H13ClN4O3. The summed E-state index contributed by atoms with van der Waals surface area (Å²) in [5, 5.41) is 11.8. The Kier molecular flexibility index (Phi) is 4.44. The van der Waals surface area contributed by atoms with Gasteiger partial charge in [-0.25, -0.2) is 9.78 Å². The summed E-state index contributed by atoms with van der Waals surface area (Å²) >= 11 is 5.84. The number of nitrogens with zero attached hydrogens (tertiary/aromatic N) is 1. The Morgan fingerprint density at radius 1 is 1.48 bits per heavy atom. The van der Waals surface area contributed by atoms with E-state index in [1.165, 1.54) is 30.7 Å². The Morgan fingerprint density at radius 3 is 2.81 bits per heavy atom. The summed E-state index contributed by atoms with van der Waals surface area (Å²) in [5.41, 5.74) is 6.76. The summed E-state index contributed by atoms with van der Waals surface area (Å²) in [5.74, 6) is -1.68. The molecule has 8 heteroatoms. The number of nitrogen functional groups attached to an aromatic ring is 1. The molecule has 21 heavy (non-hydrogen) atoms. The first-order valence-electron chi connectivity index (χ1n) is 6.03. The van der Waals surface area contributed by atoms with Crippen LogP contribution in [0.4, 0.5) is 5.69 Å². The second-order valence-electron chi connectivity index (χ2n) is 4.38. The van der Waals surface area contributed by atoms with E-state index in [2.05, 4.69) is 15.3 Å².